The van der Waals surface area contributed by atoms with E-state index in [1.807, 2.05) is 6.92 Å². The van der Waals surface area contributed by atoms with E-state index in [9.17, 15) is 4.79 Å². The van der Waals surface area contributed by atoms with Crippen molar-refractivity contribution in [1.29, 1.82) is 0 Å². The molecule has 1 atom stereocenters. The third-order valence-corrected chi connectivity index (χ3v) is 4.35. The van der Waals surface area contributed by atoms with Crippen molar-refractivity contribution in [3.8, 4) is 11.8 Å². The Hall–Kier alpha value is -0.540. The number of rotatable bonds is 3. The summed E-state index contributed by atoms with van der Waals surface area (Å²) < 4.78 is 4.70. The van der Waals surface area contributed by atoms with Crippen LogP contribution in [-0.2, 0) is 4.74 Å². The lowest BCUT2D eigenvalue weighted by Gasteiger charge is -2.26. The van der Waals surface area contributed by atoms with Gasteiger partial charge >= 0.3 is 5.71 Å². The van der Waals surface area contributed by atoms with Crippen molar-refractivity contribution in [2.45, 2.75) is 44.7 Å². The molecular formula is C12H19O2P. The molecule has 1 aliphatic carbocycles. The second-order valence-corrected chi connectivity index (χ2v) is 5.50. The summed E-state index contributed by atoms with van der Waals surface area (Å²) in [5.41, 5.74) is 0.537. The number of ether oxygens (including phenoxy) is 1. The fourth-order valence-electron chi connectivity index (χ4n) is 1.98. The summed E-state index contributed by atoms with van der Waals surface area (Å²) in [5, 5.41) is 0. The van der Waals surface area contributed by atoms with Crippen LogP contribution in [0.3, 0.4) is 0 Å². The quantitative estimate of drug-likeness (QED) is 0.544. The lowest BCUT2D eigenvalue weighted by molar-refractivity contribution is 0.199. The summed E-state index contributed by atoms with van der Waals surface area (Å²) >= 11 is 0. The third kappa shape index (κ3) is 4.67. The molecule has 0 amide bonds. The third-order valence-electron chi connectivity index (χ3n) is 2.92. The first-order valence-electron chi connectivity index (χ1n) is 5.50. The Morgan fingerprint density at radius 1 is 1.40 bits per heavy atom. The highest BCUT2D eigenvalue weighted by molar-refractivity contribution is 7.57. The monoisotopic (exact) mass is 226 g/mol. The van der Waals surface area contributed by atoms with Gasteiger partial charge in [-0.1, -0.05) is 0 Å². The summed E-state index contributed by atoms with van der Waals surface area (Å²) in [4.78, 5) is 11.1. The topological polar surface area (TPSA) is 26.3 Å². The van der Waals surface area contributed by atoms with Gasteiger partial charge in [-0.3, -0.25) is 0 Å². The van der Waals surface area contributed by atoms with Gasteiger partial charge in [0.25, 0.3) is 0 Å². The number of hydrogen-bond acceptors (Lipinski definition) is 2. The molecule has 0 heterocycles. The van der Waals surface area contributed by atoms with Crippen molar-refractivity contribution in [2.24, 2.45) is 5.92 Å². The molecule has 0 spiro atoms. The Labute approximate surface area is 93.9 Å². The van der Waals surface area contributed by atoms with E-state index in [0.717, 1.165) is 12.3 Å². The molecule has 0 aromatic heterocycles. The predicted octanol–water partition coefficient (Wildman–Crippen LogP) is 3.40. The second-order valence-electron chi connectivity index (χ2n) is 3.98. The van der Waals surface area contributed by atoms with Crippen LogP contribution >= 0.6 is 8.58 Å². The Balaban J connectivity index is 2.22. The average molecular weight is 226 g/mol. The molecule has 0 N–H and O–H groups in total. The van der Waals surface area contributed by atoms with Crippen LogP contribution in [0.5, 0.6) is 0 Å². The molecule has 0 bridgehead atoms. The highest BCUT2D eigenvalue weighted by Gasteiger charge is 2.22. The van der Waals surface area contributed by atoms with E-state index in [-0.39, 0.29) is 5.71 Å². The Kier molecular flexibility index (Phi) is 5.73. The molecular weight excluding hydrogens is 207 g/mol. The van der Waals surface area contributed by atoms with Gasteiger partial charge in [-0.15, -0.1) is 11.8 Å². The molecule has 1 unspecified atom stereocenters. The minimum absolute atomic E-state index is 0.0354. The lowest BCUT2D eigenvalue weighted by Crippen LogP contribution is -2.16. The van der Waals surface area contributed by atoms with Crippen LogP contribution in [0.1, 0.15) is 39.0 Å². The van der Waals surface area contributed by atoms with Gasteiger partial charge in [-0.25, -0.2) is 4.79 Å². The van der Waals surface area contributed by atoms with E-state index in [1.54, 1.807) is 0 Å². The predicted molar refractivity (Wildman–Crippen MR) is 64.5 cm³/mol. The van der Waals surface area contributed by atoms with Crippen molar-refractivity contribution in [2.75, 3.05) is 7.11 Å². The van der Waals surface area contributed by atoms with Crippen molar-refractivity contribution in [3.63, 3.8) is 0 Å². The maximum Gasteiger partial charge on any atom is 0.322 e. The molecule has 3 heteroatoms. The molecule has 0 aliphatic heterocycles. The summed E-state index contributed by atoms with van der Waals surface area (Å²) in [7, 11) is 1.82. The largest absolute Gasteiger partial charge is 0.466 e. The van der Waals surface area contributed by atoms with Gasteiger partial charge in [0.1, 0.15) is 0 Å². The first-order valence-corrected chi connectivity index (χ1v) is 6.58. The van der Waals surface area contributed by atoms with Crippen LogP contribution in [0.25, 0.3) is 0 Å². The van der Waals surface area contributed by atoms with E-state index in [2.05, 4.69) is 11.8 Å². The van der Waals surface area contributed by atoms with Gasteiger partial charge in [-0.05, 0) is 52.8 Å². The summed E-state index contributed by atoms with van der Waals surface area (Å²) in [5.74, 6) is 6.85. The minimum atomic E-state index is -0.0354. The molecule has 2 nitrogen and oxygen atoms in total. The summed E-state index contributed by atoms with van der Waals surface area (Å²) in [6.07, 6.45) is 5.82. The van der Waals surface area contributed by atoms with E-state index >= 15 is 0 Å². The SMILES string of the molecule is CC#CCC1CCC(PC(=O)OC)CC1. The smallest absolute Gasteiger partial charge is 0.322 e. The van der Waals surface area contributed by atoms with Gasteiger partial charge in [0, 0.05) is 6.42 Å². The molecule has 0 radical (unpaired) electrons. The zero-order valence-electron chi connectivity index (χ0n) is 9.51. The standard InChI is InChI=1S/C12H19O2P/c1-3-4-5-10-6-8-11(9-7-10)15-12(13)14-2/h10-11,15H,5-9H2,1-2H3. The van der Waals surface area contributed by atoms with E-state index in [4.69, 9.17) is 4.74 Å². The van der Waals surface area contributed by atoms with Crippen molar-refractivity contribution < 1.29 is 9.53 Å². The van der Waals surface area contributed by atoms with Crippen molar-refractivity contribution in [3.05, 3.63) is 0 Å². The molecule has 1 rings (SSSR count). The van der Waals surface area contributed by atoms with Gasteiger partial charge in [0.15, 0.2) is 0 Å². The molecule has 0 saturated heterocycles. The number of hydrogen-bond donors (Lipinski definition) is 0. The molecule has 1 fully saturated rings. The zero-order chi connectivity index (χ0) is 11.1. The number of methoxy groups -OCH3 is 1. The van der Waals surface area contributed by atoms with Gasteiger partial charge < -0.3 is 4.74 Å². The number of carbonyl (C=O) groups is 1. The van der Waals surface area contributed by atoms with Crippen LogP contribution in [0.15, 0.2) is 0 Å². The maximum atomic E-state index is 11.1. The molecule has 0 aromatic carbocycles. The lowest BCUT2D eigenvalue weighted by atomic mass is 9.87. The van der Waals surface area contributed by atoms with Crippen LogP contribution in [0, 0.1) is 17.8 Å². The van der Waals surface area contributed by atoms with Crippen molar-refractivity contribution in [1.82, 2.24) is 0 Å². The van der Waals surface area contributed by atoms with Crippen LogP contribution in [0.4, 0.5) is 4.79 Å². The minimum Gasteiger partial charge on any atom is -0.466 e. The fraction of sp³-hybridized carbons (Fsp3) is 0.750. The van der Waals surface area contributed by atoms with Crippen LogP contribution < -0.4 is 0 Å². The highest BCUT2D eigenvalue weighted by atomic mass is 31.1. The first kappa shape index (κ1) is 12.5. The van der Waals surface area contributed by atoms with E-state index in [0.29, 0.717) is 14.2 Å². The Bertz CT molecular complexity index is 257. The van der Waals surface area contributed by atoms with Gasteiger partial charge in [-0.2, -0.15) is 0 Å². The summed E-state index contributed by atoms with van der Waals surface area (Å²) in [6.45, 7) is 1.89. The molecule has 1 aliphatic rings. The van der Waals surface area contributed by atoms with Crippen molar-refractivity contribution >= 4 is 14.3 Å². The molecule has 15 heavy (non-hydrogen) atoms. The highest BCUT2D eigenvalue weighted by Crippen LogP contribution is 2.37. The maximum absolute atomic E-state index is 11.1. The van der Waals surface area contributed by atoms with Gasteiger partial charge in [0.2, 0.25) is 0 Å². The summed E-state index contributed by atoms with van der Waals surface area (Å²) in [6, 6.07) is 0. The average Bonchev–Trinajstić information content (AvgIpc) is 2.28. The normalized spacial score (nSPS) is 26.0. The zero-order valence-corrected chi connectivity index (χ0v) is 10.5. The molecule has 84 valence electrons. The first-order chi connectivity index (χ1) is 7.26. The van der Waals surface area contributed by atoms with Crippen LogP contribution in [-0.4, -0.2) is 18.5 Å². The second kappa shape index (κ2) is 6.85. The molecule has 0 aromatic rings. The van der Waals surface area contributed by atoms with Gasteiger partial charge in [0.05, 0.1) is 7.11 Å². The Morgan fingerprint density at radius 2 is 2.07 bits per heavy atom. The molecule has 1 saturated carbocycles. The van der Waals surface area contributed by atoms with Crippen LogP contribution in [0.2, 0.25) is 0 Å². The fourth-order valence-corrected chi connectivity index (χ4v) is 3.06. The van der Waals surface area contributed by atoms with E-state index < -0.39 is 0 Å². The van der Waals surface area contributed by atoms with E-state index in [1.165, 1.54) is 32.8 Å². The number of carbonyl (C=O) groups excluding carboxylic acids is 1. The Morgan fingerprint density at radius 3 is 2.60 bits per heavy atom.